The molecule has 1 saturated heterocycles. The van der Waals surface area contributed by atoms with Crippen LogP contribution in [0.2, 0.25) is 0 Å². The number of ether oxygens (including phenoxy) is 1. The maximum Gasteiger partial charge on any atom is 0.260 e. The summed E-state index contributed by atoms with van der Waals surface area (Å²) < 4.78 is 5.29. The number of nitrogen functional groups attached to an aromatic ring is 1. The Bertz CT molecular complexity index is 389. The van der Waals surface area contributed by atoms with Gasteiger partial charge in [-0.1, -0.05) is 6.07 Å². The van der Waals surface area contributed by atoms with Gasteiger partial charge in [0.2, 0.25) is 0 Å². The molecule has 1 aromatic carbocycles. The van der Waals surface area contributed by atoms with E-state index in [0.29, 0.717) is 24.5 Å². The molecule has 0 atom stereocenters. The van der Waals surface area contributed by atoms with Crippen molar-refractivity contribution in [3.05, 3.63) is 24.3 Å². The molecule has 0 saturated carbocycles. The van der Waals surface area contributed by atoms with Gasteiger partial charge in [0.25, 0.3) is 5.91 Å². The van der Waals surface area contributed by atoms with Crippen LogP contribution in [0, 0.1) is 0 Å². The summed E-state index contributed by atoms with van der Waals surface area (Å²) in [7, 11) is 0. The van der Waals surface area contributed by atoms with Gasteiger partial charge in [-0.15, -0.1) is 0 Å². The van der Waals surface area contributed by atoms with Crippen molar-refractivity contribution < 1.29 is 14.6 Å². The van der Waals surface area contributed by atoms with Crippen molar-refractivity contribution in [2.24, 2.45) is 0 Å². The van der Waals surface area contributed by atoms with Crippen LogP contribution >= 0.6 is 0 Å². The van der Waals surface area contributed by atoms with Gasteiger partial charge in [0.1, 0.15) is 5.75 Å². The normalized spacial score (nSPS) is 15.7. The molecule has 5 nitrogen and oxygen atoms in total. The third-order valence-electron chi connectivity index (χ3n) is 2.44. The van der Waals surface area contributed by atoms with Gasteiger partial charge in [0.15, 0.2) is 6.61 Å². The summed E-state index contributed by atoms with van der Waals surface area (Å²) in [6.07, 6.45) is -0.378. The number of hydrogen-bond acceptors (Lipinski definition) is 4. The lowest BCUT2D eigenvalue weighted by Gasteiger charge is -2.35. The van der Waals surface area contributed by atoms with Crippen LogP contribution in [-0.4, -0.2) is 41.7 Å². The average Bonchev–Trinajstić information content (AvgIpc) is 2.22. The highest BCUT2D eigenvalue weighted by atomic mass is 16.5. The van der Waals surface area contributed by atoms with E-state index in [-0.39, 0.29) is 18.6 Å². The lowest BCUT2D eigenvalue weighted by atomic mass is 10.2. The standard InChI is InChI=1S/C11H14N2O3/c12-8-2-1-3-10(4-8)16-7-11(15)13-5-9(14)6-13/h1-4,9,14H,5-7,12H2. The molecule has 1 fully saturated rings. The van der Waals surface area contributed by atoms with Gasteiger partial charge < -0.3 is 20.5 Å². The maximum absolute atomic E-state index is 11.5. The highest BCUT2D eigenvalue weighted by molar-refractivity contribution is 5.78. The van der Waals surface area contributed by atoms with Crippen molar-refractivity contribution in [1.82, 2.24) is 4.90 Å². The number of anilines is 1. The van der Waals surface area contributed by atoms with Gasteiger partial charge in [-0.2, -0.15) is 0 Å². The van der Waals surface area contributed by atoms with E-state index >= 15 is 0 Å². The number of amides is 1. The average molecular weight is 222 g/mol. The lowest BCUT2D eigenvalue weighted by molar-refractivity contribution is -0.143. The monoisotopic (exact) mass is 222 g/mol. The third kappa shape index (κ3) is 2.43. The summed E-state index contributed by atoms with van der Waals surface area (Å²) in [6, 6.07) is 6.93. The molecular formula is C11H14N2O3. The first-order chi connectivity index (χ1) is 7.65. The molecule has 1 aliphatic rings. The van der Waals surface area contributed by atoms with Crippen LogP contribution in [0.4, 0.5) is 5.69 Å². The maximum atomic E-state index is 11.5. The van der Waals surface area contributed by atoms with Gasteiger partial charge in [0.05, 0.1) is 6.10 Å². The van der Waals surface area contributed by atoms with Gasteiger partial charge in [-0.05, 0) is 12.1 Å². The van der Waals surface area contributed by atoms with E-state index < -0.39 is 0 Å². The molecule has 1 heterocycles. The van der Waals surface area contributed by atoms with Crippen LogP contribution in [-0.2, 0) is 4.79 Å². The summed E-state index contributed by atoms with van der Waals surface area (Å²) in [6.45, 7) is 0.786. The van der Waals surface area contributed by atoms with Crippen molar-refractivity contribution >= 4 is 11.6 Å². The van der Waals surface area contributed by atoms with E-state index in [4.69, 9.17) is 15.6 Å². The minimum atomic E-state index is -0.378. The predicted molar refractivity (Wildman–Crippen MR) is 58.9 cm³/mol. The van der Waals surface area contributed by atoms with E-state index in [1.54, 1.807) is 29.2 Å². The number of nitrogens with two attached hydrogens (primary N) is 1. The van der Waals surface area contributed by atoms with Gasteiger partial charge in [-0.3, -0.25) is 4.79 Å². The van der Waals surface area contributed by atoms with Gasteiger partial charge in [0, 0.05) is 24.8 Å². The Hall–Kier alpha value is -1.75. The summed E-state index contributed by atoms with van der Waals surface area (Å²) in [4.78, 5) is 13.0. The molecule has 2 rings (SSSR count). The highest BCUT2D eigenvalue weighted by Gasteiger charge is 2.28. The second-order valence-electron chi connectivity index (χ2n) is 3.81. The number of nitrogens with zero attached hydrogens (tertiary/aromatic N) is 1. The van der Waals surface area contributed by atoms with E-state index in [0.717, 1.165) is 0 Å². The molecule has 5 heteroatoms. The predicted octanol–water partition coefficient (Wildman–Crippen LogP) is -0.149. The number of likely N-dealkylation sites (tertiary alicyclic amines) is 1. The van der Waals surface area contributed by atoms with Crippen LogP contribution < -0.4 is 10.5 Å². The lowest BCUT2D eigenvalue weighted by Crippen LogP contribution is -2.54. The Labute approximate surface area is 93.4 Å². The number of benzene rings is 1. The number of carbonyl (C=O) groups is 1. The molecule has 16 heavy (non-hydrogen) atoms. The third-order valence-corrected chi connectivity index (χ3v) is 2.44. The first-order valence-electron chi connectivity index (χ1n) is 5.09. The zero-order valence-corrected chi connectivity index (χ0v) is 8.80. The molecule has 0 aliphatic carbocycles. The first kappa shape index (κ1) is 10.8. The quantitative estimate of drug-likeness (QED) is 0.697. The van der Waals surface area contributed by atoms with Crippen molar-refractivity contribution in [3.63, 3.8) is 0 Å². The van der Waals surface area contributed by atoms with E-state index in [9.17, 15) is 4.79 Å². The molecule has 0 bridgehead atoms. The number of aliphatic hydroxyl groups is 1. The van der Waals surface area contributed by atoms with Gasteiger partial charge >= 0.3 is 0 Å². The molecule has 3 N–H and O–H groups in total. The number of rotatable bonds is 3. The topological polar surface area (TPSA) is 75.8 Å². The van der Waals surface area contributed by atoms with Crippen molar-refractivity contribution in [2.45, 2.75) is 6.10 Å². The summed E-state index contributed by atoms with van der Waals surface area (Å²) in [5.74, 6) is 0.460. The molecular weight excluding hydrogens is 208 g/mol. The van der Waals surface area contributed by atoms with Crippen molar-refractivity contribution in [1.29, 1.82) is 0 Å². The fraction of sp³-hybridized carbons (Fsp3) is 0.364. The molecule has 1 aliphatic heterocycles. The van der Waals surface area contributed by atoms with Gasteiger partial charge in [-0.25, -0.2) is 0 Å². The van der Waals surface area contributed by atoms with Crippen LogP contribution in [0.5, 0.6) is 5.75 Å². The SMILES string of the molecule is Nc1cccc(OCC(=O)N2CC(O)C2)c1. The fourth-order valence-electron chi connectivity index (χ4n) is 1.50. The molecule has 0 spiro atoms. The zero-order valence-electron chi connectivity index (χ0n) is 8.80. The minimum Gasteiger partial charge on any atom is -0.484 e. The fourth-order valence-corrected chi connectivity index (χ4v) is 1.50. The second kappa shape index (κ2) is 4.40. The largest absolute Gasteiger partial charge is 0.484 e. The summed E-state index contributed by atoms with van der Waals surface area (Å²) in [5, 5.41) is 9.04. The Balaban J connectivity index is 1.81. The number of aliphatic hydroxyl groups excluding tert-OH is 1. The van der Waals surface area contributed by atoms with E-state index in [1.807, 2.05) is 0 Å². The molecule has 86 valence electrons. The highest BCUT2D eigenvalue weighted by Crippen LogP contribution is 2.15. The van der Waals surface area contributed by atoms with E-state index in [2.05, 4.69) is 0 Å². The number of carbonyl (C=O) groups excluding carboxylic acids is 1. The van der Waals surface area contributed by atoms with E-state index in [1.165, 1.54) is 0 Å². The van der Waals surface area contributed by atoms with Crippen molar-refractivity contribution in [2.75, 3.05) is 25.4 Å². The zero-order chi connectivity index (χ0) is 11.5. The number of hydrogen-bond donors (Lipinski definition) is 2. The van der Waals surface area contributed by atoms with Crippen molar-refractivity contribution in [3.8, 4) is 5.75 Å². The first-order valence-corrected chi connectivity index (χ1v) is 5.09. The van der Waals surface area contributed by atoms with Crippen LogP contribution in [0.25, 0.3) is 0 Å². The van der Waals surface area contributed by atoms with Crippen LogP contribution in [0.1, 0.15) is 0 Å². The molecule has 0 radical (unpaired) electrons. The second-order valence-corrected chi connectivity index (χ2v) is 3.81. The van der Waals surface area contributed by atoms with Crippen LogP contribution in [0.15, 0.2) is 24.3 Å². The molecule has 1 aromatic rings. The smallest absolute Gasteiger partial charge is 0.260 e. The summed E-state index contributed by atoms with van der Waals surface area (Å²) in [5.41, 5.74) is 6.17. The molecule has 0 unspecified atom stereocenters. The van der Waals surface area contributed by atoms with Crippen LogP contribution in [0.3, 0.4) is 0 Å². The molecule has 0 aromatic heterocycles. The molecule has 1 amide bonds. The Morgan fingerprint density at radius 2 is 2.31 bits per heavy atom. The Kier molecular flexibility index (Phi) is 2.96. The Morgan fingerprint density at radius 1 is 1.56 bits per heavy atom. The number of β-amino-alcohol motifs (C(OH)–C–C–N with tert-alkyl or cyclic N) is 1. The summed E-state index contributed by atoms with van der Waals surface area (Å²) >= 11 is 0. The minimum absolute atomic E-state index is 0.0177. The Morgan fingerprint density at radius 3 is 2.94 bits per heavy atom.